The summed E-state index contributed by atoms with van der Waals surface area (Å²) in [5.74, 6) is -1.23. The van der Waals surface area contributed by atoms with Crippen LogP contribution >= 0.6 is 0 Å². The molecule has 0 spiro atoms. The topological polar surface area (TPSA) is 78.4 Å². The number of nitrogens with one attached hydrogen (secondary N) is 2. The molecule has 2 fully saturated rings. The second-order valence-electron chi connectivity index (χ2n) is 4.97. The van der Waals surface area contributed by atoms with E-state index in [4.69, 9.17) is 5.11 Å². The Hall–Kier alpha value is -1.40. The number of carbonyl (C=O) groups excluding carboxylic acids is 1. The molecule has 7 heteroatoms. The summed E-state index contributed by atoms with van der Waals surface area (Å²) in [5, 5.41) is 13.7. The molecule has 2 saturated carbocycles. The van der Waals surface area contributed by atoms with E-state index in [0.717, 1.165) is 19.3 Å². The minimum atomic E-state index is -2.61. The van der Waals surface area contributed by atoms with Crippen LogP contribution in [0.4, 0.5) is 13.6 Å². The van der Waals surface area contributed by atoms with Gasteiger partial charge >= 0.3 is 12.0 Å². The molecule has 0 aliphatic heterocycles. The van der Waals surface area contributed by atoms with Gasteiger partial charge in [-0.05, 0) is 31.1 Å². The van der Waals surface area contributed by atoms with E-state index in [1.807, 2.05) is 5.32 Å². The van der Waals surface area contributed by atoms with Crippen LogP contribution in [0.1, 0.15) is 19.3 Å². The fourth-order valence-corrected chi connectivity index (χ4v) is 3.23. The van der Waals surface area contributed by atoms with E-state index in [0.29, 0.717) is 0 Å². The van der Waals surface area contributed by atoms with E-state index in [1.165, 1.54) is 0 Å². The van der Waals surface area contributed by atoms with Crippen molar-refractivity contribution in [2.75, 3.05) is 6.54 Å². The van der Waals surface area contributed by atoms with Gasteiger partial charge in [-0.15, -0.1) is 0 Å². The normalized spacial score (nSPS) is 33.7. The molecular formula is C11H16F2N2O3. The second-order valence-corrected chi connectivity index (χ2v) is 4.97. The van der Waals surface area contributed by atoms with Crippen molar-refractivity contribution in [3.8, 4) is 0 Å². The van der Waals surface area contributed by atoms with Crippen LogP contribution in [0.5, 0.6) is 0 Å². The van der Waals surface area contributed by atoms with Gasteiger partial charge in [0.2, 0.25) is 0 Å². The SMILES string of the molecule is O=C(NCC(F)F)NC1C2CCC(C2)C1C(=O)O. The number of fused-ring (bicyclic) bond motifs is 2. The fraction of sp³-hybridized carbons (Fsp3) is 0.818. The molecule has 0 aromatic carbocycles. The molecule has 2 aliphatic rings. The van der Waals surface area contributed by atoms with E-state index in [9.17, 15) is 18.4 Å². The first kappa shape index (κ1) is 13.0. The molecule has 2 rings (SSSR count). The number of carbonyl (C=O) groups is 2. The van der Waals surface area contributed by atoms with Gasteiger partial charge in [0.05, 0.1) is 12.5 Å². The van der Waals surface area contributed by atoms with Crippen LogP contribution in [0, 0.1) is 17.8 Å². The van der Waals surface area contributed by atoms with Crippen molar-refractivity contribution in [2.45, 2.75) is 31.7 Å². The lowest BCUT2D eigenvalue weighted by Gasteiger charge is -2.28. The summed E-state index contributed by atoms with van der Waals surface area (Å²) in [6.45, 7) is -0.718. The number of hydrogen-bond donors (Lipinski definition) is 3. The molecule has 18 heavy (non-hydrogen) atoms. The van der Waals surface area contributed by atoms with Crippen molar-refractivity contribution < 1.29 is 23.5 Å². The lowest BCUT2D eigenvalue weighted by atomic mass is 9.84. The first-order valence-electron chi connectivity index (χ1n) is 6.04. The van der Waals surface area contributed by atoms with Crippen LogP contribution in [-0.4, -0.2) is 36.1 Å². The van der Waals surface area contributed by atoms with Crippen molar-refractivity contribution in [2.24, 2.45) is 17.8 Å². The van der Waals surface area contributed by atoms with Gasteiger partial charge in [0.1, 0.15) is 0 Å². The summed E-state index contributed by atoms with van der Waals surface area (Å²) >= 11 is 0. The number of rotatable bonds is 4. The summed E-state index contributed by atoms with van der Waals surface area (Å²) in [6, 6.07) is -1.14. The molecule has 0 heterocycles. The molecule has 102 valence electrons. The van der Waals surface area contributed by atoms with Gasteiger partial charge in [-0.25, -0.2) is 13.6 Å². The zero-order chi connectivity index (χ0) is 13.3. The first-order chi connectivity index (χ1) is 8.49. The second kappa shape index (κ2) is 5.07. The highest BCUT2D eigenvalue weighted by Crippen LogP contribution is 2.48. The molecule has 4 atom stereocenters. The maximum Gasteiger partial charge on any atom is 0.315 e. The van der Waals surface area contributed by atoms with Gasteiger partial charge in [-0.1, -0.05) is 0 Å². The molecule has 2 bridgehead atoms. The molecule has 2 aliphatic carbocycles. The summed E-state index contributed by atoms with van der Waals surface area (Å²) in [5.41, 5.74) is 0. The van der Waals surface area contributed by atoms with Crippen LogP contribution in [0.3, 0.4) is 0 Å². The number of alkyl halides is 2. The Kier molecular flexibility index (Phi) is 3.68. The Bertz CT molecular complexity index is 351. The molecule has 2 amide bonds. The lowest BCUT2D eigenvalue weighted by molar-refractivity contribution is -0.144. The molecule has 0 saturated heterocycles. The molecule has 3 N–H and O–H groups in total. The summed E-state index contributed by atoms with van der Waals surface area (Å²) < 4.78 is 23.9. The standard InChI is InChI=1S/C11H16F2N2O3/c12-7(13)4-14-11(18)15-9-6-2-1-5(3-6)8(9)10(16)17/h5-9H,1-4H2,(H,16,17)(H2,14,15,18). The largest absolute Gasteiger partial charge is 0.481 e. The van der Waals surface area contributed by atoms with E-state index >= 15 is 0 Å². The lowest BCUT2D eigenvalue weighted by Crippen LogP contribution is -2.50. The van der Waals surface area contributed by atoms with Crippen LogP contribution < -0.4 is 10.6 Å². The van der Waals surface area contributed by atoms with Gasteiger partial charge in [0, 0.05) is 6.04 Å². The molecule has 0 aromatic heterocycles. The molecule has 0 radical (unpaired) electrons. The zero-order valence-corrected chi connectivity index (χ0v) is 9.73. The Morgan fingerprint density at radius 2 is 1.94 bits per heavy atom. The third-order valence-electron chi connectivity index (χ3n) is 3.92. The van der Waals surface area contributed by atoms with Crippen LogP contribution in [0.2, 0.25) is 0 Å². The van der Waals surface area contributed by atoms with Crippen LogP contribution in [0.15, 0.2) is 0 Å². The quantitative estimate of drug-likeness (QED) is 0.708. The van der Waals surface area contributed by atoms with E-state index < -0.39 is 36.9 Å². The number of halogens is 2. The first-order valence-corrected chi connectivity index (χ1v) is 6.04. The summed E-state index contributed by atoms with van der Waals surface area (Å²) in [7, 11) is 0. The Morgan fingerprint density at radius 3 is 2.56 bits per heavy atom. The van der Waals surface area contributed by atoms with Gasteiger partial charge in [0.15, 0.2) is 0 Å². The van der Waals surface area contributed by atoms with E-state index in [-0.39, 0.29) is 11.8 Å². The van der Waals surface area contributed by atoms with Crippen LogP contribution in [-0.2, 0) is 4.79 Å². The highest BCUT2D eigenvalue weighted by molar-refractivity contribution is 5.77. The maximum atomic E-state index is 11.9. The highest BCUT2D eigenvalue weighted by Gasteiger charge is 2.51. The molecule has 4 unspecified atom stereocenters. The van der Waals surface area contributed by atoms with Crippen molar-refractivity contribution in [1.82, 2.24) is 10.6 Å². The smallest absolute Gasteiger partial charge is 0.315 e. The Morgan fingerprint density at radius 1 is 1.28 bits per heavy atom. The van der Waals surface area contributed by atoms with Gasteiger partial charge in [-0.2, -0.15) is 0 Å². The number of carboxylic acid groups (broad SMARTS) is 1. The predicted molar refractivity (Wildman–Crippen MR) is 58.3 cm³/mol. The highest BCUT2D eigenvalue weighted by atomic mass is 19.3. The minimum Gasteiger partial charge on any atom is -0.481 e. The van der Waals surface area contributed by atoms with Crippen LogP contribution in [0.25, 0.3) is 0 Å². The Labute approximate surface area is 103 Å². The maximum absolute atomic E-state index is 11.9. The third-order valence-corrected chi connectivity index (χ3v) is 3.92. The predicted octanol–water partition coefficient (Wildman–Crippen LogP) is 1.05. The van der Waals surface area contributed by atoms with Crippen molar-refractivity contribution in [3.05, 3.63) is 0 Å². The summed E-state index contributed by atoms with van der Waals surface area (Å²) in [4.78, 5) is 22.6. The van der Waals surface area contributed by atoms with Crippen molar-refractivity contribution in [1.29, 1.82) is 0 Å². The molecule has 5 nitrogen and oxygen atoms in total. The van der Waals surface area contributed by atoms with Gasteiger partial charge in [-0.3, -0.25) is 4.79 Å². The number of urea groups is 1. The third kappa shape index (κ3) is 2.54. The fourth-order valence-electron chi connectivity index (χ4n) is 3.23. The van der Waals surface area contributed by atoms with E-state index in [1.54, 1.807) is 0 Å². The molecular weight excluding hydrogens is 246 g/mol. The minimum absolute atomic E-state index is 0.105. The van der Waals surface area contributed by atoms with Crippen molar-refractivity contribution >= 4 is 12.0 Å². The summed E-state index contributed by atoms with van der Waals surface area (Å²) in [6.07, 6.45) is -0.0326. The zero-order valence-electron chi connectivity index (χ0n) is 9.73. The Balaban J connectivity index is 1.91. The number of amides is 2. The van der Waals surface area contributed by atoms with E-state index in [2.05, 4.69) is 5.32 Å². The van der Waals surface area contributed by atoms with Crippen molar-refractivity contribution in [3.63, 3.8) is 0 Å². The average molecular weight is 262 g/mol. The monoisotopic (exact) mass is 262 g/mol. The number of hydrogen-bond acceptors (Lipinski definition) is 2. The van der Waals surface area contributed by atoms with Gasteiger partial charge < -0.3 is 15.7 Å². The average Bonchev–Trinajstić information content (AvgIpc) is 2.86. The number of aliphatic carboxylic acids is 1. The number of carboxylic acids is 1. The van der Waals surface area contributed by atoms with Gasteiger partial charge in [0.25, 0.3) is 6.43 Å². The molecule has 0 aromatic rings.